The van der Waals surface area contributed by atoms with E-state index in [1.165, 1.54) is 0 Å². The van der Waals surface area contributed by atoms with E-state index in [4.69, 9.17) is 21.3 Å². The molecule has 10 heteroatoms. The van der Waals surface area contributed by atoms with Crippen molar-refractivity contribution in [1.82, 2.24) is 0 Å². The Hall–Kier alpha value is -1.71. The molecule has 1 aromatic carbocycles. The summed E-state index contributed by atoms with van der Waals surface area (Å²) in [6.07, 6.45) is 0. The molecule has 0 aromatic heterocycles. The molecule has 0 unspecified atom stereocenters. The van der Waals surface area contributed by atoms with Crippen molar-refractivity contribution in [2.75, 3.05) is 0 Å². The van der Waals surface area contributed by atoms with Crippen molar-refractivity contribution in [2.45, 2.75) is 4.90 Å². The minimum atomic E-state index is -4.86. The van der Waals surface area contributed by atoms with Crippen LogP contribution in [0.1, 0.15) is 10.4 Å². The van der Waals surface area contributed by atoms with Crippen molar-refractivity contribution >= 4 is 33.4 Å². The van der Waals surface area contributed by atoms with Gasteiger partial charge in [0, 0.05) is 6.07 Å². The number of rotatable bonds is 3. The second kappa shape index (κ2) is 4.28. The predicted octanol–water partition coefficient (Wildman–Crippen LogP) is 1.19. The molecule has 0 aliphatic heterocycles. The van der Waals surface area contributed by atoms with Gasteiger partial charge in [0.1, 0.15) is 0 Å². The topological polar surface area (TPSA) is 135 Å². The summed E-state index contributed by atoms with van der Waals surface area (Å²) >= 11 is 5.43. The molecule has 1 rings (SSSR count). The molecule has 0 spiro atoms. The van der Waals surface area contributed by atoms with Crippen LogP contribution in [0.15, 0.2) is 17.0 Å². The highest BCUT2D eigenvalue weighted by molar-refractivity contribution is 7.86. The molecule has 0 aliphatic rings. The molecule has 2 N–H and O–H groups in total. The van der Waals surface area contributed by atoms with Crippen LogP contribution in [0.3, 0.4) is 0 Å². The Morgan fingerprint density at radius 1 is 1.41 bits per heavy atom. The number of nitrogens with zero attached hydrogens (tertiary/aromatic N) is 1. The normalized spacial score (nSPS) is 11.2. The number of hydrogen-bond acceptors (Lipinski definition) is 5. The summed E-state index contributed by atoms with van der Waals surface area (Å²) in [5.74, 6) is -1.56. The maximum atomic E-state index is 10.8. The highest BCUT2D eigenvalue weighted by atomic mass is 35.5. The van der Waals surface area contributed by atoms with Crippen LogP contribution < -0.4 is 0 Å². The molecule has 0 heterocycles. The molecule has 92 valence electrons. The number of halogens is 1. The van der Waals surface area contributed by atoms with Crippen LogP contribution in [-0.2, 0) is 10.1 Å². The molecule has 0 radical (unpaired) electrons. The first-order valence-corrected chi connectivity index (χ1v) is 5.65. The smallest absolute Gasteiger partial charge is 0.337 e. The van der Waals surface area contributed by atoms with E-state index in [1.54, 1.807) is 0 Å². The zero-order valence-corrected chi connectivity index (χ0v) is 9.40. The molecule has 0 aliphatic carbocycles. The second-order valence-electron chi connectivity index (χ2n) is 2.84. The predicted molar refractivity (Wildman–Crippen MR) is 54.9 cm³/mol. The third-order valence-electron chi connectivity index (χ3n) is 1.75. The number of carbonyl (C=O) groups is 1. The van der Waals surface area contributed by atoms with Gasteiger partial charge in [0.15, 0.2) is 4.90 Å². The van der Waals surface area contributed by atoms with Crippen LogP contribution in [-0.4, -0.2) is 29.0 Å². The Kier molecular flexibility index (Phi) is 3.36. The van der Waals surface area contributed by atoms with Crippen LogP contribution in [0.4, 0.5) is 5.69 Å². The van der Waals surface area contributed by atoms with Crippen LogP contribution in [0.25, 0.3) is 0 Å². The van der Waals surface area contributed by atoms with Crippen molar-refractivity contribution in [3.05, 3.63) is 32.8 Å². The standard InChI is InChI=1S/C7H4ClNO7S/c8-4-2-6(17(14,15)16)5(9(12)13)1-3(4)7(10)11/h1-2H,(H,10,11)(H,14,15,16). The van der Waals surface area contributed by atoms with E-state index in [1.807, 2.05) is 0 Å². The van der Waals surface area contributed by atoms with Gasteiger partial charge in [0.05, 0.1) is 15.5 Å². The summed E-state index contributed by atoms with van der Waals surface area (Å²) in [4.78, 5) is 19.0. The van der Waals surface area contributed by atoms with E-state index < -0.39 is 42.2 Å². The van der Waals surface area contributed by atoms with Gasteiger partial charge in [-0.15, -0.1) is 0 Å². The molecule has 17 heavy (non-hydrogen) atoms. The lowest BCUT2D eigenvalue weighted by Crippen LogP contribution is -2.07. The first kappa shape index (κ1) is 13.4. The van der Waals surface area contributed by atoms with Gasteiger partial charge in [-0.1, -0.05) is 11.6 Å². The summed E-state index contributed by atoms with van der Waals surface area (Å²) in [6, 6.07) is 0.978. The van der Waals surface area contributed by atoms with E-state index in [9.17, 15) is 23.3 Å². The monoisotopic (exact) mass is 281 g/mol. The van der Waals surface area contributed by atoms with Crippen molar-refractivity contribution < 1.29 is 27.8 Å². The molecule has 0 fully saturated rings. The molecule has 0 amide bonds. The van der Waals surface area contributed by atoms with Crippen LogP contribution in [0.5, 0.6) is 0 Å². The maximum absolute atomic E-state index is 10.8. The summed E-state index contributed by atoms with van der Waals surface area (Å²) < 4.78 is 30.4. The molecule has 8 nitrogen and oxygen atoms in total. The molecular weight excluding hydrogens is 278 g/mol. The lowest BCUT2D eigenvalue weighted by atomic mass is 10.2. The Labute approximate surface area is 99.3 Å². The number of carboxylic acid groups (broad SMARTS) is 1. The second-order valence-corrected chi connectivity index (χ2v) is 4.63. The molecule has 0 saturated heterocycles. The van der Waals surface area contributed by atoms with Crippen molar-refractivity contribution in [1.29, 1.82) is 0 Å². The molecule has 1 aromatic rings. The van der Waals surface area contributed by atoms with Gasteiger partial charge < -0.3 is 5.11 Å². The Bertz CT molecular complexity index is 609. The fraction of sp³-hybridized carbons (Fsp3) is 0. The van der Waals surface area contributed by atoms with Crippen LogP contribution in [0.2, 0.25) is 5.02 Å². The van der Waals surface area contributed by atoms with E-state index >= 15 is 0 Å². The first-order chi connectivity index (χ1) is 7.64. The number of aromatic carboxylic acids is 1. The van der Waals surface area contributed by atoms with Gasteiger partial charge in [-0.2, -0.15) is 8.42 Å². The average Bonchev–Trinajstić information content (AvgIpc) is 2.14. The van der Waals surface area contributed by atoms with Crippen molar-refractivity contribution in [3.8, 4) is 0 Å². The van der Waals surface area contributed by atoms with Gasteiger partial charge in [-0.25, -0.2) is 4.79 Å². The molecule has 0 atom stereocenters. The summed E-state index contributed by atoms with van der Waals surface area (Å²) in [6.45, 7) is 0. The fourth-order valence-electron chi connectivity index (χ4n) is 1.06. The van der Waals surface area contributed by atoms with Gasteiger partial charge in [0.25, 0.3) is 5.69 Å². The largest absolute Gasteiger partial charge is 0.478 e. The quantitative estimate of drug-likeness (QED) is 0.482. The number of nitro benzene ring substituents is 1. The van der Waals surface area contributed by atoms with Crippen LogP contribution in [0, 0.1) is 10.1 Å². The van der Waals surface area contributed by atoms with E-state index in [-0.39, 0.29) is 0 Å². The van der Waals surface area contributed by atoms with Gasteiger partial charge in [-0.3, -0.25) is 14.7 Å². The first-order valence-electron chi connectivity index (χ1n) is 3.83. The van der Waals surface area contributed by atoms with E-state index in [0.717, 1.165) is 0 Å². The van der Waals surface area contributed by atoms with E-state index in [0.29, 0.717) is 12.1 Å². The van der Waals surface area contributed by atoms with Crippen molar-refractivity contribution in [2.24, 2.45) is 0 Å². The van der Waals surface area contributed by atoms with Gasteiger partial charge in [0.2, 0.25) is 0 Å². The zero-order valence-electron chi connectivity index (χ0n) is 7.82. The summed E-state index contributed by atoms with van der Waals surface area (Å²) in [7, 11) is -4.86. The zero-order chi connectivity index (χ0) is 13.4. The van der Waals surface area contributed by atoms with Crippen molar-refractivity contribution in [3.63, 3.8) is 0 Å². The number of nitro groups is 1. The minimum absolute atomic E-state index is 0.466. The Morgan fingerprint density at radius 3 is 2.29 bits per heavy atom. The SMILES string of the molecule is O=C(O)c1cc([N+](=O)[O-])c(S(=O)(=O)O)cc1Cl. The summed E-state index contributed by atoms with van der Waals surface area (Å²) in [5, 5.41) is 18.7. The highest BCUT2D eigenvalue weighted by Gasteiger charge is 2.27. The number of carboxylic acids is 1. The maximum Gasteiger partial charge on any atom is 0.337 e. The number of hydrogen-bond donors (Lipinski definition) is 2. The lowest BCUT2D eigenvalue weighted by Gasteiger charge is -2.03. The minimum Gasteiger partial charge on any atom is -0.478 e. The third-order valence-corrected chi connectivity index (χ3v) is 2.95. The summed E-state index contributed by atoms with van der Waals surface area (Å²) in [5.41, 5.74) is -1.69. The van der Waals surface area contributed by atoms with Gasteiger partial charge in [-0.05, 0) is 6.07 Å². The van der Waals surface area contributed by atoms with Crippen LogP contribution >= 0.6 is 11.6 Å². The Morgan fingerprint density at radius 2 is 1.94 bits per heavy atom. The van der Waals surface area contributed by atoms with E-state index in [2.05, 4.69) is 0 Å². The lowest BCUT2D eigenvalue weighted by molar-refractivity contribution is -0.387. The average molecular weight is 282 g/mol. The molecule has 0 bridgehead atoms. The Balaban J connectivity index is 3.70. The highest BCUT2D eigenvalue weighted by Crippen LogP contribution is 2.30. The number of benzene rings is 1. The fourth-order valence-corrected chi connectivity index (χ4v) is 2.03. The molecule has 0 saturated carbocycles. The molecular formula is C7H4ClNO7S. The van der Waals surface area contributed by atoms with Gasteiger partial charge >= 0.3 is 16.1 Å². The third kappa shape index (κ3) is 2.70.